The number of nitroso groups, excluding NO2 is 1. The summed E-state index contributed by atoms with van der Waals surface area (Å²) >= 11 is 0. The predicted octanol–water partition coefficient (Wildman–Crippen LogP) is 2.63. The number of hydrogen-bond acceptors (Lipinski definition) is 5. The highest BCUT2D eigenvalue weighted by atomic mass is 16.6. The summed E-state index contributed by atoms with van der Waals surface area (Å²) in [7, 11) is 0. The Labute approximate surface area is 131 Å². The van der Waals surface area contributed by atoms with Crippen molar-refractivity contribution in [3.8, 4) is 11.5 Å². The van der Waals surface area contributed by atoms with Gasteiger partial charge in [-0.2, -0.15) is 0 Å². The molecule has 4 rings (SSSR count). The summed E-state index contributed by atoms with van der Waals surface area (Å²) in [5.41, 5.74) is 4.27. The molecule has 0 atom stereocenters. The molecule has 1 aromatic carbocycles. The third-order valence-electron chi connectivity index (χ3n) is 3.85. The van der Waals surface area contributed by atoms with Crippen molar-refractivity contribution < 1.29 is 9.39 Å². The van der Waals surface area contributed by atoms with E-state index < -0.39 is 0 Å². The fourth-order valence-corrected chi connectivity index (χ4v) is 2.67. The summed E-state index contributed by atoms with van der Waals surface area (Å²) in [6, 6.07) is 7.90. The number of para-hydroxylation sites is 2. The summed E-state index contributed by atoms with van der Waals surface area (Å²) in [5.74, 6) is 0.712. The zero-order chi connectivity index (χ0) is 15.8. The molecular formula is C16H14N5O2+. The lowest BCUT2D eigenvalue weighted by Crippen LogP contribution is -2.09. The molecule has 114 valence electrons. The van der Waals surface area contributed by atoms with Crippen molar-refractivity contribution in [2.45, 2.75) is 13.5 Å². The van der Waals surface area contributed by atoms with Crippen molar-refractivity contribution in [3.05, 3.63) is 58.8 Å². The highest BCUT2D eigenvalue weighted by molar-refractivity contribution is 5.80. The highest BCUT2D eigenvalue weighted by Crippen LogP contribution is 2.26. The van der Waals surface area contributed by atoms with Gasteiger partial charge in [0, 0.05) is 22.3 Å². The van der Waals surface area contributed by atoms with Gasteiger partial charge in [-0.05, 0) is 35.9 Å². The van der Waals surface area contributed by atoms with E-state index in [-0.39, 0.29) is 0 Å². The molecule has 0 fully saturated rings. The Kier molecular flexibility index (Phi) is 3.11. The lowest BCUT2D eigenvalue weighted by Gasteiger charge is -2.09. The van der Waals surface area contributed by atoms with Crippen LogP contribution in [0.1, 0.15) is 5.69 Å². The second-order valence-corrected chi connectivity index (χ2v) is 5.40. The molecule has 7 nitrogen and oxygen atoms in total. The standard InChI is InChI=1S/C16H14N5O2/c1-11-15(19-23-18-11)16-17-13-4-2-3-5-14(13)21(16)10-12-6-8-20(22)9-7-12/h2-8H,9-10H2,1H3/q+1. The van der Waals surface area contributed by atoms with Gasteiger partial charge in [-0.1, -0.05) is 17.3 Å². The quantitative estimate of drug-likeness (QED) is 0.695. The maximum atomic E-state index is 11.3. The van der Waals surface area contributed by atoms with Crippen LogP contribution < -0.4 is 0 Å². The normalized spacial score (nSPS) is 14.5. The first kappa shape index (κ1) is 13.6. The first-order valence-corrected chi connectivity index (χ1v) is 7.28. The molecule has 0 spiro atoms. The molecule has 0 bridgehead atoms. The Morgan fingerprint density at radius 1 is 1.30 bits per heavy atom. The van der Waals surface area contributed by atoms with Crippen molar-refractivity contribution >= 4 is 11.0 Å². The van der Waals surface area contributed by atoms with Gasteiger partial charge < -0.3 is 4.57 Å². The van der Waals surface area contributed by atoms with Crippen molar-refractivity contribution in [1.29, 1.82) is 0 Å². The molecule has 0 saturated heterocycles. The van der Waals surface area contributed by atoms with E-state index in [4.69, 9.17) is 4.63 Å². The molecule has 23 heavy (non-hydrogen) atoms. The Morgan fingerprint density at radius 3 is 2.91 bits per heavy atom. The van der Waals surface area contributed by atoms with Gasteiger partial charge in [-0.3, -0.25) is 0 Å². The molecular weight excluding hydrogens is 294 g/mol. The lowest BCUT2D eigenvalue weighted by molar-refractivity contribution is -0.469. The van der Waals surface area contributed by atoms with Crippen LogP contribution in [0.2, 0.25) is 0 Å². The monoisotopic (exact) mass is 308 g/mol. The average molecular weight is 308 g/mol. The van der Waals surface area contributed by atoms with Crippen LogP contribution in [0.4, 0.5) is 0 Å². The largest absolute Gasteiger partial charge is 0.318 e. The summed E-state index contributed by atoms with van der Waals surface area (Å²) < 4.78 is 7.78. The molecule has 1 aliphatic heterocycles. The van der Waals surface area contributed by atoms with Crippen LogP contribution in [-0.2, 0) is 6.54 Å². The van der Waals surface area contributed by atoms with Crippen molar-refractivity contribution in [1.82, 2.24) is 19.9 Å². The smallest absolute Gasteiger partial charge is 0.221 e. The maximum absolute atomic E-state index is 11.3. The minimum Gasteiger partial charge on any atom is -0.318 e. The van der Waals surface area contributed by atoms with E-state index in [0.717, 1.165) is 21.4 Å². The van der Waals surface area contributed by atoms with E-state index in [2.05, 4.69) is 19.9 Å². The number of nitrogens with zero attached hydrogens (tertiary/aromatic N) is 5. The van der Waals surface area contributed by atoms with Crippen molar-refractivity contribution in [2.24, 2.45) is 0 Å². The second-order valence-electron chi connectivity index (χ2n) is 5.40. The topological polar surface area (TPSA) is 76.8 Å². The van der Waals surface area contributed by atoms with Gasteiger partial charge in [-0.15, -0.1) is 0 Å². The number of rotatable bonds is 3. The van der Waals surface area contributed by atoms with E-state index in [1.807, 2.05) is 43.3 Å². The summed E-state index contributed by atoms with van der Waals surface area (Å²) in [4.78, 5) is 15.9. The van der Waals surface area contributed by atoms with Crippen LogP contribution in [0.25, 0.3) is 22.6 Å². The van der Waals surface area contributed by atoms with Crippen LogP contribution in [0, 0.1) is 11.8 Å². The SMILES string of the molecule is Cc1nonc1-c1nc2ccccc2n1CC1=CC[N+](=O)C=C1. The third-order valence-corrected chi connectivity index (χ3v) is 3.85. The fraction of sp³-hybridized carbons (Fsp3) is 0.188. The fourth-order valence-electron chi connectivity index (χ4n) is 2.67. The number of hydrogen-bond donors (Lipinski definition) is 0. The molecule has 3 aromatic rings. The number of fused-ring (bicyclic) bond motifs is 1. The van der Waals surface area contributed by atoms with Gasteiger partial charge in [0.2, 0.25) is 12.7 Å². The molecule has 0 N–H and O–H groups in total. The highest BCUT2D eigenvalue weighted by Gasteiger charge is 2.19. The molecule has 1 aliphatic rings. The number of aryl methyl sites for hydroxylation is 1. The second kappa shape index (κ2) is 5.28. The van der Waals surface area contributed by atoms with Gasteiger partial charge in [0.05, 0.1) is 11.0 Å². The van der Waals surface area contributed by atoms with E-state index in [0.29, 0.717) is 30.3 Å². The van der Waals surface area contributed by atoms with Gasteiger partial charge in [-0.25, -0.2) is 9.61 Å². The number of benzene rings is 1. The lowest BCUT2D eigenvalue weighted by atomic mass is 10.2. The van der Waals surface area contributed by atoms with Gasteiger partial charge in [0.25, 0.3) is 0 Å². The average Bonchev–Trinajstić information content (AvgIpc) is 3.13. The van der Waals surface area contributed by atoms with Crippen molar-refractivity contribution in [2.75, 3.05) is 6.54 Å². The molecule has 7 heteroatoms. The van der Waals surface area contributed by atoms with E-state index >= 15 is 0 Å². The number of imidazole rings is 1. The minimum absolute atomic E-state index is 0.359. The van der Waals surface area contributed by atoms with E-state index in [1.165, 1.54) is 6.20 Å². The summed E-state index contributed by atoms with van der Waals surface area (Å²) in [5, 5.41) is 7.83. The van der Waals surface area contributed by atoms with Crippen LogP contribution in [0.15, 0.2) is 52.8 Å². The molecule has 3 heterocycles. The molecule has 0 radical (unpaired) electrons. The van der Waals surface area contributed by atoms with Crippen LogP contribution in [0.5, 0.6) is 0 Å². The molecule has 0 amide bonds. The molecule has 2 aromatic heterocycles. The van der Waals surface area contributed by atoms with Gasteiger partial charge >= 0.3 is 0 Å². The van der Waals surface area contributed by atoms with E-state index in [1.54, 1.807) is 0 Å². The maximum Gasteiger partial charge on any atom is 0.221 e. The molecule has 0 saturated carbocycles. The zero-order valence-electron chi connectivity index (χ0n) is 12.5. The molecule has 0 unspecified atom stereocenters. The first-order valence-electron chi connectivity index (χ1n) is 7.28. The Morgan fingerprint density at radius 2 is 2.17 bits per heavy atom. The van der Waals surface area contributed by atoms with Crippen molar-refractivity contribution in [3.63, 3.8) is 0 Å². The Balaban J connectivity index is 1.85. The number of aromatic nitrogens is 4. The Hall–Kier alpha value is -3.09. The van der Waals surface area contributed by atoms with Crippen LogP contribution >= 0.6 is 0 Å². The van der Waals surface area contributed by atoms with Crippen LogP contribution in [0.3, 0.4) is 0 Å². The molecule has 0 aliphatic carbocycles. The van der Waals surface area contributed by atoms with Crippen LogP contribution in [-0.4, -0.2) is 31.2 Å². The van der Waals surface area contributed by atoms with E-state index in [9.17, 15) is 4.91 Å². The zero-order valence-corrected chi connectivity index (χ0v) is 12.5. The summed E-state index contributed by atoms with van der Waals surface area (Å²) in [6.07, 6.45) is 5.28. The third kappa shape index (κ3) is 2.36. The van der Waals surface area contributed by atoms with Gasteiger partial charge in [0.15, 0.2) is 11.5 Å². The number of allylic oxidation sites excluding steroid dienone is 2. The first-order chi connectivity index (χ1) is 11.2. The predicted molar refractivity (Wildman–Crippen MR) is 83.5 cm³/mol. The minimum atomic E-state index is 0.359. The van der Waals surface area contributed by atoms with Gasteiger partial charge in [0.1, 0.15) is 5.69 Å². The summed E-state index contributed by atoms with van der Waals surface area (Å²) in [6.45, 7) is 2.80. The Bertz CT molecular complexity index is 964.